The molecule has 0 aliphatic rings. The van der Waals surface area contributed by atoms with Gasteiger partial charge >= 0.3 is 0 Å². The minimum Gasteiger partial charge on any atom is -0.265 e. The fourth-order valence-electron chi connectivity index (χ4n) is 6.03. The lowest BCUT2D eigenvalue weighted by Crippen LogP contribution is -1.96. The fourth-order valence-corrected chi connectivity index (χ4v) is 6.03. The van der Waals surface area contributed by atoms with Crippen LogP contribution in [0.5, 0.6) is 0 Å². The van der Waals surface area contributed by atoms with E-state index in [-0.39, 0.29) is 0 Å². The van der Waals surface area contributed by atoms with Crippen molar-refractivity contribution < 1.29 is 0 Å². The van der Waals surface area contributed by atoms with Gasteiger partial charge in [0.2, 0.25) is 0 Å². The van der Waals surface area contributed by atoms with Gasteiger partial charge in [-0.05, 0) is 68.8 Å². The lowest BCUT2D eigenvalue weighted by molar-refractivity contribution is 1.18. The van der Waals surface area contributed by atoms with Gasteiger partial charge in [-0.1, -0.05) is 152 Å². The molecule has 0 aliphatic carbocycles. The molecule has 48 heavy (non-hydrogen) atoms. The van der Waals surface area contributed by atoms with Crippen molar-refractivity contribution in [3.05, 3.63) is 188 Å². The van der Waals surface area contributed by atoms with Crippen LogP contribution in [-0.4, -0.2) is 15.0 Å². The first-order valence-corrected chi connectivity index (χ1v) is 16.1. The predicted molar refractivity (Wildman–Crippen MR) is 198 cm³/mol. The number of hydrogen-bond donors (Lipinski definition) is 0. The van der Waals surface area contributed by atoms with E-state index >= 15 is 0 Å². The summed E-state index contributed by atoms with van der Waals surface area (Å²) >= 11 is 0. The highest BCUT2D eigenvalue weighted by atomic mass is 14.9. The minimum atomic E-state index is 0.690. The van der Waals surface area contributed by atoms with Crippen LogP contribution in [0.3, 0.4) is 0 Å². The van der Waals surface area contributed by atoms with Crippen LogP contribution in [0.25, 0.3) is 78.4 Å². The highest BCUT2D eigenvalue weighted by Gasteiger charge is 2.12. The Morgan fingerprint density at radius 3 is 1.10 bits per heavy atom. The van der Waals surface area contributed by atoms with E-state index in [1.807, 2.05) is 36.7 Å². The van der Waals surface area contributed by atoms with Gasteiger partial charge in [-0.2, -0.15) is 0 Å². The average molecular weight is 614 g/mol. The van der Waals surface area contributed by atoms with Gasteiger partial charge in [0, 0.05) is 29.1 Å². The molecule has 0 saturated carbocycles. The lowest BCUT2D eigenvalue weighted by atomic mass is 9.97. The molecular weight excluding hydrogens is 583 g/mol. The highest BCUT2D eigenvalue weighted by Crippen LogP contribution is 2.32. The van der Waals surface area contributed by atoms with Crippen molar-refractivity contribution in [2.45, 2.75) is 0 Å². The first kappa shape index (κ1) is 29.0. The van der Waals surface area contributed by atoms with Gasteiger partial charge in [-0.15, -0.1) is 0 Å². The van der Waals surface area contributed by atoms with Crippen LogP contribution in [0.4, 0.5) is 0 Å². The minimum absolute atomic E-state index is 0.690. The van der Waals surface area contributed by atoms with Gasteiger partial charge in [-0.25, -0.2) is 9.97 Å². The maximum atomic E-state index is 5.10. The SMILES string of the molecule is c1ccc(-c2ccc(-c3cc(-c4ccc(-c5cccc(-c6ccccc6)c5)cc4)nc(-c4ccc(-c5ccncc5)cc4)n3)cc2)cc1. The smallest absolute Gasteiger partial charge is 0.160 e. The Morgan fingerprint density at radius 2 is 0.604 bits per heavy atom. The zero-order valence-electron chi connectivity index (χ0n) is 26.2. The van der Waals surface area contributed by atoms with Crippen molar-refractivity contribution in [1.82, 2.24) is 15.0 Å². The third kappa shape index (κ3) is 6.18. The van der Waals surface area contributed by atoms with Crippen LogP contribution in [-0.2, 0) is 0 Å². The van der Waals surface area contributed by atoms with Crippen molar-refractivity contribution in [2.75, 3.05) is 0 Å². The Hall–Kier alpha value is -6.45. The van der Waals surface area contributed by atoms with E-state index in [1.165, 1.54) is 27.8 Å². The van der Waals surface area contributed by atoms with E-state index in [9.17, 15) is 0 Å². The lowest BCUT2D eigenvalue weighted by Gasteiger charge is -2.11. The molecule has 2 aromatic heterocycles. The quantitative estimate of drug-likeness (QED) is 0.179. The molecule has 0 amide bonds. The second kappa shape index (κ2) is 13.1. The number of rotatable bonds is 7. The maximum Gasteiger partial charge on any atom is 0.160 e. The molecule has 0 saturated heterocycles. The molecular formula is C45H31N3. The van der Waals surface area contributed by atoms with Crippen LogP contribution in [0.2, 0.25) is 0 Å². The molecule has 8 rings (SSSR count). The second-order valence-electron chi connectivity index (χ2n) is 11.7. The molecule has 2 heterocycles. The molecule has 226 valence electrons. The molecule has 0 atom stereocenters. The molecule has 8 aromatic rings. The molecule has 3 nitrogen and oxygen atoms in total. The second-order valence-corrected chi connectivity index (χ2v) is 11.7. The summed E-state index contributed by atoms with van der Waals surface area (Å²) in [6.45, 7) is 0. The van der Waals surface area contributed by atoms with E-state index < -0.39 is 0 Å². The van der Waals surface area contributed by atoms with Gasteiger partial charge in [0.05, 0.1) is 11.4 Å². The summed E-state index contributed by atoms with van der Waals surface area (Å²) in [5, 5.41) is 0. The molecule has 0 bridgehead atoms. The largest absolute Gasteiger partial charge is 0.265 e. The van der Waals surface area contributed by atoms with Crippen LogP contribution < -0.4 is 0 Å². The number of pyridine rings is 1. The molecule has 0 unspecified atom stereocenters. The van der Waals surface area contributed by atoms with Crippen LogP contribution in [0, 0.1) is 0 Å². The number of aromatic nitrogens is 3. The molecule has 0 fully saturated rings. The molecule has 3 heteroatoms. The standard InChI is InChI=1S/C45H31N3/c1-3-8-32(9-4-1)34-14-20-38(21-15-34)43-31-44(48-45(47-43)40-24-18-35(19-25-40)37-26-28-46-29-27-37)39-22-16-36(17-23-39)42-13-7-12-41(30-42)33-10-5-2-6-11-33/h1-31H. The molecule has 0 spiro atoms. The van der Waals surface area contributed by atoms with Crippen LogP contribution >= 0.6 is 0 Å². The molecule has 0 N–H and O–H groups in total. The van der Waals surface area contributed by atoms with Crippen LogP contribution in [0.1, 0.15) is 0 Å². The molecule has 6 aromatic carbocycles. The normalized spacial score (nSPS) is 10.9. The van der Waals surface area contributed by atoms with Crippen molar-refractivity contribution in [3.63, 3.8) is 0 Å². The van der Waals surface area contributed by atoms with Crippen molar-refractivity contribution >= 4 is 0 Å². The van der Waals surface area contributed by atoms with E-state index in [2.05, 4.69) is 157 Å². The zero-order chi connectivity index (χ0) is 32.1. The average Bonchev–Trinajstić information content (AvgIpc) is 3.19. The monoisotopic (exact) mass is 613 g/mol. The third-order valence-corrected chi connectivity index (χ3v) is 8.65. The Balaban J connectivity index is 1.16. The van der Waals surface area contributed by atoms with Gasteiger partial charge in [0.1, 0.15) is 0 Å². The Morgan fingerprint density at radius 1 is 0.250 bits per heavy atom. The summed E-state index contributed by atoms with van der Waals surface area (Å²) in [7, 11) is 0. The molecule has 0 radical (unpaired) electrons. The predicted octanol–water partition coefficient (Wildman–Crippen LogP) is 11.5. The number of benzene rings is 6. The highest BCUT2D eigenvalue weighted by molar-refractivity contribution is 5.78. The van der Waals surface area contributed by atoms with E-state index in [4.69, 9.17) is 9.97 Å². The zero-order valence-corrected chi connectivity index (χ0v) is 26.2. The fraction of sp³-hybridized carbons (Fsp3) is 0. The Labute approximate surface area is 280 Å². The Kier molecular flexibility index (Phi) is 7.92. The summed E-state index contributed by atoms with van der Waals surface area (Å²) in [4.78, 5) is 14.3. The van der Waals surface area contributed by atoms with E-state index in [1.54, 1.807) is 0 Å². The van der Waals surface area contributed by atoms with Gasteiger partial charge in [-0.3, -0.25) is 4.98 Å². The van der Waals surface area contributed by atoms with E-state index in [0.717, 1.165) is 44.8 Å². The van der Waals surface area contributed by atoms with Gasteiger partial charge in [0.25, 0.3) is 0 Å². The van der Waals surface area contributed by atoms with Crippen molar-refractivity contribution in [1.29, 1.82) is 0 Å². The van der Waals surface area contributed by atoms with Gasteiger partial charge < -0.3 is 0 Å². The summed E-state index contributed by atoms with van der Waals surface area (Å²) in [5.74, 6) is 0.690. The van der Waals surface area contributed by atoms with Crippen molar-refractivity contribution in [2.24, 2.45) is 0 Å². The maximum absolute atomic E-state index is 5.10. The number of nitrogens with zero attached hydrogens (tertiary/aromatic N) is 3. The van der Waals surface area contributed by atoms with Gasteiger partial charge in [0.15, 0.2) is 5.82 Å². The molecule has 0 aliphatic heterocycles. The summed E-state index contributed by atoms with van der Waals surface area (Å²) < 4.78 is 0. The van der Waals surface area contributed by atoms with E-state index in [0.29, 0.717) is 5.82 Å². The number of hydrogen-bond acceptors (Lipinski definition) is 3. The Bertz CT molecular complexity index is 2180. The first-order valence-electron chi connectivity index (χ1n) is 16.1. The first-order chi connectivity index (χ1) is 23.8. The third-order valence-electron chi connectivity index (χ3n) is 8.65. The topological polar surface area (TPSA) is 38.7 Å². The summed E-state index contributed by atoms with van der Waals surface area (Å²) in [5.41, 5.74) is 14.2. The van der Waals surface area contributed by atoms with Crippen LogP contribution in [0.15, 0.2) is 188 Å². The summed E-state index contributed by atoms with van der Waals surface area (Å²) in [6.07, 6.45) is 3.63. The summed E-state index contributed by atoms with van der Waals surface area (Å²) in [6, 6.07) is 61.5. The van der Waals surface area contributed by atoms with Crippen molar-refractivity contribution in [3.8, 4) is 78.4 Å².